The number of carbonyl (C=O) groups is 1. The molecule has 0 aliphatic carbocycles. The Labute approximate surface area is 165 Å². The Morgan fingerprint density at radius 1 is 1.25 bits per heavy atom. The summed E-state index contributed by atoms with van der Waals surface area (Å²) in [6.07, 6.45) is 8.99. The van der Waals surface area contributed by atoms with E-state index in [2.05, 4.69) is 29.0 Å². The van der Waals surface area contributed by atoms with Crippen molar-refractivity contribution in [3.8, 4) is 0 Å². The van der Waals surface area contributed by atoms with Crippen LogP contribution in [0.5, 0.6) is 0 Å². The van der Waals surface area contributed by atoms with Gasteiger partial charge in [-0.3, -0.25) is 4.79 Å². The van der Waals surface area contributed by atoms with Gasteiger partial charge in [0.25, 0.3) is 0 Å². The number of carbonyl (C=O) groups excluding carboxylic acids is 1. The molecule has 0 bridgehead atoms. The van der Waals surface area contributed by atoms with Gasteiger partial charge in [0.2, 0.25) is 5.91 Å². The van der Waals surface area contributed by atoms with E-state index in [1.165, 1.54) is 5.56 Å². The molecule has 4 rings (SSSR count). The van der Waals surface area contributed by atoms with E-state index < -0.39 is 0 Å². The second-order valence-corrected chi connectivity index (χ2v) is 7.33. The molecule has 1 aliphatic heterocycles. The Bertz CT molecular complexity index is 916. The zero-order chi connectivity index (χ0) is 19.3. The van der Waals surface area contributed by atoms with Crippen LogP contribution in [0, 0.1) is 0 Å². The second-order valence-electron chi connectivity index (χ2n) is 7.33. The highest BCUT2D eigenvalue weighted by Gasteiger charge is 2.28. The molecule has 1 amide bonds. The fourth-order valence-electron chi connectivity index (χ4n) is 3.84. The number of benzene rings is 1. The van der Waals surface area contributed by atoms with Crippen LogP contribution in [0.3, 0.4) is 0 Å². The standard InChI is InChI=1S/C22H26N4O2/c1-2-20-23-10-12-25(20)16-21(27)26-11-6-9-18(15-26)22-24-14-19(28-22)13-17-7-4-3-5-8-17/h3-5,7-8,10,12,14,18H,2,6,9,11,13,15-16H2,1H3/t18-/m1/s1. The van der Waals surface area contributed by atoms with Gasteiger partial charge in [-0.1, -0.05) is 37.3 Å². The van der Waals surface area contributed by atoms with Crippen LogP contribution in [0.25, 0.3) is 0 Å². The van der Waals surface area contributed by atoms with E-state index in [4.69, 9.17) is 4.42 Å². The first-order valence-electron chi connectivity index (χ1n) is 9.99. The van der Waals surface area contributed by atoms with Crippen molar-refractivity contribution >= 4 is 5.91 Å². The first kappa shape index (κ1) is 18.5. The third-order valence-electron chi connectivity index (χ3n) is 5.34. The van der Waals surface area contributed by atoms with E-state index in [-0.39, 0.29) is 11.8 Å². The molecule has 0 radical (unpaired) electrons. The van der Waals surface area contributed by atoms with Crippen LogP contribution in [0.2, 0.25) is 0 Å². The van der Waals surface area contributed by atoms with Gasteiger partial charge in [-0.2, -0.15) is 0 Å². The molecule has 0 spiro atoms. The SMILES string of the molecule is CCc1nccn1CC(=O)N1CCC[C@@H](c2ncc(Cc3ccccc3)o2)C1. The maximum Gasteiger partial charge on any atom is 0.242 e. The quantitative estimate of drug-likeness (QED) is 0.659. The van der Waals surface area contributed by atoms with Crippen LogP contribution in [0.15, 0.2) is 53.3 Å². The minimum atomic E-state index is 0.133. The molecule has 1 saturated heterocycles. The summed E-state index contributed by atoms with van der Waals surface area (Å²) in [7, 11) is 0. The van der Waals surface area contributed by atoms with Gasteiger partial charge in [0.05, 0.1) is 12.1 Å². The smallest absolute Gasteiger partial charge is 0.242 e. The number of piperidine rings is 1. The Morgan fingerprint density at radius 2 is 2.11 bits per heavy atom. The van der Waals surface area contributed by atoms with Crippen molar-refractivity contribution in [2.24, 2.45) is 0 Å². The molecular weight excluding hydrogens is 352 g/mol. The highest BCUT2D eigenvalue weighted by Crippen LogP contribution is 2.27. The summed E-state index contributed by atoms with van der Waals surface area (Å²) in [6, 6.07) is 10.2. The number of hydrogen-bond acceptors (Lipinski definition) is 4. The van der Waals surface area contributed by atoms with E-state index in [1.807, 2.05) is 40.1 Å². The summed E-state index contributed by atoms with van der Waals surface area (Å²) in [4.78, 5) is 23.5. The molecule has 6 heteroatoms. The minimum Gasteiger partial charge on any atom is -0.445 e. The fourth-order valence-corrected chi connectivity index (χ4v) is 3.84. The molecule has 1 aromatic carbocycles. The van der Waals surface area contributed by atoms with Crippen molar-refractivity contribution in [3.05, 3.63) is 72.0 Å². The molecule has 1 fully saturated rings. The van der Waals surface area contributed by atoms with Gasteiger partial charge in [0, 0.05) is 38.3 Å². The summed E-state index contributed by atoms with van der Waals surface area (Å²) >= 11 is 0. The number of rotatable bonds is 6. The highest BCUT2D eigenvalue weighted by molar-refractivity contribution is 5.76. The number of nitrogens with zero attached hydrogens (tertiary/aromatic N) is 4. The molecule has 2 aromatic heterocycles. The van der Waals surface area contributed by atoms with Gasteiger partial charge in [-0.15, -0.1) is 0 Å². The van der Waals surface area contributed by atoms with Crippen LogP contribution in [0.1, 0.15) is 48.7 Å². The van der Waals surface area contributed by atoms with Crippen LogP contribution in [0.4, 0.5) is 0 Å². The summed E-state index contributed by atoms with van der Waals surface area (Å²) < 4.78 is 7.97. The molecular formula is C22H26N4O2. The monoisotopic (exact) mass is 378 g/mol. The normalized spacial score (nSPS) is 17.0. The Hall–Kier alpha value is -2.89. The molecule has 0 saturated carbocycles. The lowest BCUT2D eigenvalue weighted by Crippen LogP contribution is -2.41. The Kier molecular flexibility index (Phi) is 5.55. The van der Waals surface area contributed by atoms with Crippen molar-refractivity contribution in [3.63, 3.8) is 0 Å². The van der Waals surface area contributed by atoms with E-state index in [9.17, 15) is 4.79 Å². The maximum absolute atomic E-state index is 12.8. The van der Waals surface area contributed by atoms with Gasteiger partial charge in [0.1, 0.15) is 18.1 Å². The first-order valence-corrected chi connectivity index (χ1v) is 9.99. The molecule has 1 aliphatic rings. The van der Waals surface area contributed by atoms with E-state index in [0.717, 1.165) is 49.7 Å². The third-order valence-corrected chi connectivity index (χ3v) is 5.34. The molecule has 0 N–H and O–H groups in total. The van der Waals surface area contributed by atoms with Crippen molar-refractivity contribution in [1.82, 2.24) is 19.4 Å². The topological polar surface area (TPSA) is 64.2 Å². The molecule has 28 heavy (non-hydrogen) atoms. The lowest BCUT2D eigenvalue weighted by Gasteiger charge is -2.31. The van der Waals surface area contributed by atoms with Crippen molar-refractivity contribution in [1.29, 1.82) is 0 Å². The molecule has 3 aromatic rings. The van der Waals surface area contributed by atoms with Crippen LogP contribution in [-0.4, -0.2) is 38.4 Å². The Balaban J connectivity index is 1.39. The predicted molar refractivity (Wildman–Crippen MR) is 106 cm³/mol. The van der Waals surface area contributed by atoms with Crippen molar-refractivity contribution in [2.75, 3.05) is 13.1 Å². The first-order chi connectivity index (χ1) is 13.7. The van der Waals surface area contributed by atoms with Crippen LogP contribution < -0.4 is 0 Å². The molecule has 0 unspecified atom stereocenters. The molecule has 146 valence electrons. The van der Waals surface area contributed by atoms with Crippen molar-refractivity contribution in [2.45, 2.75) is 45.1 Å². The lowest BCUT2D eigenvalue weighted by atomic mass is 9.98. The summed E-state index contributed by atoms with van der Waals surface area (Å²) in [6.45, 7) is 3.86. The van der Waals surface area contributed by atoms with Crippen LogP contribution >= 0.6 is 0 Å². The summed E-state index contributed by atoms with van der Waals surface area (Å²) in [5.74, 6) is 2.86. The maximum atomic E-state index is 12.8. The average Bonchev–Trinajstić information content (AvgIpc) is 3.38. The lowest BCUT2D eigenvalue weighted by molar-refractivity contribution is -0.133. The summed E-state index contributed by atoms with van der Waals surface area (Å²) in [5.41, 5.74) is 1.21. The number of aromatic nitrogens is 3. The predicted octanol–water partition coefficient (Wildman–Crippen LogP) is 3.43. The second kappa shape index (κ2) is 8.42. The van der Waals surface area contributed by atoms with Gasteiger partial charge in [-0.05, 0) is 18.4 Å². The van der Waals surface area contributed by atoms with Crippen LogP contribution in [-0.2, 0) is 24.2 Å². The Morgan fingerprint density at radius 3 is 2.93 bits per heavy atom. The zero-order valence-electron chi connectivity index (χ0n) is 16.3. The molecule has 6 nitrogen and oxygen atoms in total. The van der Waals surface area contributed by atoms with E-state index in [0.29, 0.717) is 13.1 Å². The number of hydrogen-bond donors (Lipinski definition) is 0. The third kappa shape index (κ3) is 4.16. The van der Waals surface area contributed by atoms with Gasteiger partial charge < -0.3 is 13.9 Å². The number of imidazole rings is 1. The molecule has 1 atom stereocenters. The largest absolute Gasteiger partial charge is 0.445 e. The van der Waals surface area contributed by atoms with Gasteiger partial charge in [0.15, 0.2) is 5.89 Å². The van der Waals surface area contributed by atoms with E-state index >= 15 is 0 Å². The molecule has 3 heterocycles. The summed E-state index contributed by atoms with van der Waals surface area (Å²) in [5, 5.41) is 0. The number of likely N-dealkylation sites (tertiary alicyclic amines) is 1. The highest BCUT2D eigenvalue weighted by atomic mass is 16.4. The number of amides is 1. The zero-order valence-corrected chi connectivity index (χ0v) is 16.3. The number of aryl methyl sites for hydroxylation is 1. The fraction of sp³-hybridized carbons (Fsp3) is 0.409. The van der Waals surface area contributed by atoms with E-state index in [1.54, 1.807) is 6.20 Å². The average molecular weight is 378 g/mol. The minimum absolute atomic E-state index is 0.133. The van der Waals surface area contributed by atoms with Gasteiger partial charge in [-0.25, -0.2) is 9.97 Å². The number of oxazole rings is 1. The van der Waals surface area contributed by atoms with Crippen molar-refractivity contribution < 1.29 is 9.21 Å². The van der Waals surface area contributed by atoms with Gasteiger partial charge >= 0.3 is 0 Å².